The zero-order valence-electron chi connectivity index (χ0n) is 11.9. The molecule has 0 saturated carbocycles. The quantitative estimate of drug-likeness (QED) is 0.768. The third-order valence-corrected chi connectivity index (χ3v) is 4.33. The molecule has 1 aromatic carbocycles. The summed E-state index contributed by atoms with van der Waals surface area (Å²) in [4.78, 5) is 0.948. The van der Waals surface area contributed by atoms with Crippen molar-refractivity contribution in [1.29, 1.82) is 0 Å². The van der Waals surface area contributed by atoms with Gasteiger partial charge in [0.25, 0.3) is 0 Å². The highest BCUT2D eigenvalue weighted by Crippen LogP contribution is 2.16. The molecule has 18 heavy (non-hydrogen) atoms. The van der Waals surface area contributed by atoms with Gasteiger partial charge in [0.05, 0.1) is 10.8 Å². The summed E-state index contributed by atoms with van der Waals surface area (Å²) < 4.78 is 12.1. The van der Waals surface area contributed by atoms with Gasteiger partial charge in [0, 0.05) is 16.7 Å². The van der Waals surface area contributed by atoms with E-state index in [0.717, 1.165) is 23.6 Å². The Hall–Kier alpha value is -0.670. The first-order valence-corrected chi connectivity index (χ1v) is 8.04. The largest absolute Gasteiger partial charge is 0.315 e. The van der Waals surface area contributed by atoms with Gasteiger partial charge < -0.3 is 5.32 Å². The minimum absolute atomic E-state index is 0.503. The van der Waals surface area contributed by atoms with Gasteiger partial charge in [-0.1, -0.05) is 39.8 Å². The number of benzene rings is 1. The van der Waals surface area contributed by atoms with Crippen molar-refractivity contribution < 1.29 is 4.21 Å². The molecule has 3 heteroatoms. The average molecular weight is 267 g/mol. The second-order valence-corrected chi connectivity index (χ2v) is 6.81. The van der Waals surface area contributed by atoms with Crippen LogP contribution in [0.5, 0.6) is 0 Å². The molecule has 0 fully saturated rings. The van der Waals surface area contributed by atoms with Crippen LogP contribution in [0.4, 0.5) is 0 Å². The number of hydrogen-bond donors (Lipinski definition) is 1. The highest BCUT2D eigenvalue weighted by atomic mass is 32.2. The molecule has 0 bridgehead atoms. The summed E-state index contributed by atoms with van der Waals surface area (Å²) in [6.07, 6.45) is 0.955. The molecule has 1 unspecified atom stereocenters. The van der Waals surface area contributed by atoms with Gasteiger partial charge in [0.2, 0.25) is 0 Å². The van der Waals surface area contributed by atoms with E-state index in [1.54, 1.807) is 0 Å². The van der Waals surface area contributed by atoms with Gasteiger partial charge in [-0.05, 0) is 36.6 Å². The summed E-state index contributed by atoms with van der Waals surface area (Å²) in [7, 11) is -0.860. The zero-order valence-corrected chi connectivity index (χ0v) is 12.7. The molecular formula is C15H25NOS. The van der Waals surface area contributed by atoms with Crippen molar-refractivity contribution in [2.45, 2.75) is 51.0 Å². The maximum atomic E-state index is 12.1. The maximum absolute atomic E-state index is 12.1. The van der Waals surface area contributed by atoms with E-state index in [2.05, 4.69) is 45.1 Å². The van der Waals surface area contributed by atoms with Crippen molar-refractivity contribution in [3.05, 3.63) is 29.8 Å². The predicted octanol–water partition coefficient (Wildman–Crippen LogP) is 3.31. The van der Waals surface area contributed by atoms with Crippen molar-refractivity contribution in [3.63, 3.8) is 0 Å². The first-order chi connectivity index (χ1) is 8.50. The number of nitrogens with one attached hydrogen (secondary N) is 1. The fourth-order valence-corrected chi connectivity index (χ4v) is 2.80. The van der Waals surface area contributed by atoms with Crippen molar-refractivity contribution in [3.8, 4) is 0 Å². The van der Waals surface area contributed by atoms with Crippen LogP contribution in [0.15, 0.2) is 29.2 Å². The molecule has 0 aromatic heterocycles. The minimum Gasteiger partial charge on any atom is -0.315 e. The smallest absolute Gasteiger partial charge is 0.0529 e. The Balaban J connectivity index is 2.42. The predicted molar refractivity (Wildman–Crippen MR) is 79.6 cm³/mol. The van der Waals surface area contributed by atoms with E-state index in [1.165, 1.54) is 5.56 Å². The fourth-order valence-electron chi connectivity index (χ4n) is 1.72. The highest BCUT2D eigenvalue weighted by molar-refractivity contribution is 7.85. The van der Waals surface area contributed by atoms with Gasteiger partial charge in [0.15, 0.2) is 0 Å². The summed E-state index contributed by atoms with van der Waals surface area (Å²) >= 11 is 0. The Morgan fingerprint density at radius 2 is 1.72 bits per heavy atom. The Morgan fingerprint density at radius 1 is 1.11 bits per heavy atom. The number of hydrogen-bond acceptors (Lipinski definition) is 2. The van der Waals surface area contributed by atoms with Crippen LogP contribution < -0.4 is 5.32 Å². The fraction of sp³-hybridized carbons (Fsp3) is 0.600. The Labute approximate surface area is 114 Å². The van der Waals surface area contributed by atoms with Crippen molar-refractivity contribution in [2.24, 2.45) is 0 Å². The van der Waals surface area contributed by atoms with Gasteiger partial charge in [-0.2, -0.15) is 0 Å². The minimum atomic E-state index is -0.860. The molecule has 0 aliphatic carbocycles. The summed E-state index contributed by atoms with van der Waals surface area (Å²) in [6, 6.07) is 8.68. The van der Waals surface area contributed by atoms with Crippen LogP contribution in [0.3, 0.4) is 0 Å². The van der Waals surface area contributed by atoms with E-state index >= 15 is 0 Å². The second kappa shape index (κ2) is 7.70. The lowest BCUT2D eigenvalue weighted by atomic mass is 10.0. The Kier molecular flexibility index (Phi) is 6.58. The van der Waals surface area contributed by atoms with E-state index in [9.17, 15) is 4.21 Å². The molecule has 1 atom stereocenters. The van der Waals surface area contributed by atoms with Gasteiger partial charge >= 0.3 is 0 Å². The third-order valence-electron chi connectivity index (χ3n) is 2.87. The first-order valence-electron chi connectivity index (χ1n) is 6.72. The molecule has 2 nitrogen and oxygen atoms in total. The van der Waals surface area contributed by atoms with Crippen molar-refractivity contribution >= 4 is 10.8 Å². The summed E-state index contributed by atoms with van der Waals surface area (Å²) in [5.41, 5.74) is 1.30. The molecule has 102 valence electrons. The third kappa shape index (κ3) is 5.32. The van der Waals surface area contributed by atoms with Gasteiger partial charge in [-0.25, -0.2) is 0 Å². The molecule has 0 aliphatic heterocycles. The molecule has 1 rings (SSSR count). The van der Waals surface area contributed by atoms with Crippen LogP contribution in [0.2, 0.25) is 0 Å². The van der Waals surface area contributed by atoms with Crippen molar-refractivity contribution in [2.75, 3.05) is 12.3 Å². The van der Waals surface area contributed by atoms with E-state index in [1.807, 2.05) is 12.1 Å². The van der Waals surface area contributed by atoms with Crippen LogP contribution in [-0.4, -0.2) is 22.5 Å². The molecule has 0 amide bonds. The summed E-state index contributed by atoms with van der Waals surface area (Å²) in [6.45, 7) is 9.53. The summed E-state index contributed by atoms with van der Waals surface area (Å²) in [5.74, 6) is 1.27. The van der Waals surface area contributed by atoms with Crippen LogP contribution in [-0.2, 0) is 10.8 Å². The first kappa shape index (κ1) is 15.4. The lowest BCUT2D eigenvalue weighted by Gasteiger charge is -2.09. The summed E-state index contributed by atoms with van der Waals surface area (Å²) in [5, 5.41) is 3.34. The Bertz CT molecular complexity index is 371. The lowest BCUT2D eigenvalue weighted by molar-refractivity contribution is 0.583. The molecule has 0 spiro atoms. The standard InChI is InChI=1S/C15H25NOS/c1-12(2)14-6-8-15(9-7-14)18(17)11-5-10-16-13(3)4/h6-9,12-13,16H,5,10-11H2,1-4H3. The lowest BCUT2D eigenvalue weighted by Crippen LogP contribution is -2.24. The number of rotatable bonds is 7. The second-order valence-electron chi connectivity index (χ2n) is 5.24. The van der Waals surface area contributed by atoms with E-state index in [0.29, 0.717) is 12.0 Å². The molecule has 0 saturated heterocycles. The van der Waals surface area contributed by atoms with Gasteiger partial charge in [-0.3, -0.25) is 4.21 Å². The highest BCUT2D eigenvalue weighted by Gasteiger charge is 2.05. The molecule has 1 aromatic rings. The van der Waals surface area contributed by atoms with E-state index in [4.69, 9.17) is 0 Å². The van der Waals surface area contributed by atoms with E-state index in [-0.39, 0.29) is 0 Å². The van der Waals surface area contributed by atoms with Crippen LogP contribution in [0.1, 0.15) is 45.6 Å². The van der Waals surface area contributed by atoms with Crippen LogP contribution in [0, 0.1) is 0 Å². The normalized spacial score (nSPS) is 13.2. The SMILES string of the molecule is CC(C)NCCCS(=O)c1ccc(C(C)C)cc1. The maximum Gasteiger partial charge on any atom is 0.0529 e. The molecule has 1 N–H and O–H groups in total. The van der Waals surface area contributed by atoms with Crippen LogP contribution in [0.25, 0.3) is 0 Å². The van der Waals surface area contributed by atoms with Gasteiger partial charge in [-0.15, -0.1) is 0 Å². The van der Waals surface area contributed by atoms with E-state index < -0.39 is 10.8 Å². The van der Waals surface area contributed by atoms with Crippen molar-refractivity contribution in [1.82, 2.24) is 5.32 Å². The molecule has 0 heterocycles. The van der Waals surface area contributed by atoms with Crippen LogP contribution >= 0.6 is 0 Å². The Morgan fingerprint density at radius 3 is 2.22 bits per heavy atom. The molecule has 0 aliphatic rings. The molecular weight excluding hydrogens is 242 g/mol. The molecule has 0 radical (unpaired) electrons. The monoisotopic (exact) mass is 267 g/mol. The zero-order chi connectivity index (χ0) is 13.5. The van der Waals surface area contributed by atoms with Gasteiger partial charge in [0.1, 0.15) is 0 Å². The topological polar surface area (TPSA) is 29.1 Å². The average Bonchev–Trinajstić information content (AvgIpc) is 2.34.